The predicted octanol–water partition coefficient (Wildman–Crippen LogP) is 4.19. The van der Waals surface area contributed by atoms with E-state index >= 15 is 0 Å². The van der Waals surface area contributed by atoms with Gasteiger partial charge in [0.15, 0.2) is 5.84 Å². The van der Waals surface area contributed by atoms with Gasteiger partial charge in [-0.25, -0.2) is 4.99 Å². The van der Waals surface area contributed by atoms with Crippen LogP contribution in [0, 0.1) is 5.92 Å². The number of hydrogen-bond acceptors (Lipinski definition) is 5. The lowest BCUT2D eigenvalue weighted by Crippen LogP contribution is -2.35. The Kier molecular flexibility index (Phi) is 7.53. The topological polar surface area (TPSA) is 52.4 Å². The Morgan fingerprint density at radius 2 is 1.93 bits per heavy atom. The Morgan fingerprint density at radius 3 is 2.44 bits per heavy atom. The summed E-state index contributed by atoms with van der Waals surface area (Å²) < 4.78 is 0. The van der Waals surface area contributed by atoms with Crippen LogP contribution in [-0.4, -0.2) is 44.4 Å². The zero-order chi connectivity index (χ0) is 19.8. The Labute approximate surface area is 163 Å². The number of allylic oxidation sites excluding steroid dienone is 2. The third-order valence-corrected chi connectivity index (χ3v) is 4.30. The highest BCUT2D eigenvalue weighted by molar-refractivity contribution is 6.72. The molecule has 0 unspecified atom stereocenters. The minimum Gasteiger partial charge on any atom is -0.372 e. The molecule has 1 N–H and O–H groups in total. The second-order valence-electron chi connectivity index (χ2n) is 6.79. The van der Waals surface area contributed by atoms with Crippen molar-refractivity contribution < 1.29 is 0 Å². The summed E-state index contributed by atoms with van der Waals surface area (Å²) in [6.07, 6.45) is 5.64. The largest absolute Gasteiger partial charge is 0.372 e. The first-order chi connectivity index (χ1) is 13.0. The lowest BCUT2D eigenvalue weighted by Gasteiger charge is -2.25. The molecule has 27 heavy (non-hydrogen) atoms. The summed E-state index contributed by atoms with van der Waals surface area (Å²) in [5.74, 6) is 1.36. The highest BCUT2D eigenvalue weighted by Crippen LogP contribution is 2.24. The fraction of sp³-hybridized carbons (Fsp3) is 0.409. The van der Waals surface area contributed by atoms with Crippen molar-refractivity contribution in [3.63, 3.8) is 0 Å². The molecule has 0 saturated carbocycles. The van der Waals surface area contributed by atoms with Gasteiger partial charge in [0.1, 0.15) is 5.71 Å². The molecule has 0 aliphatic carbocycles. The smallest absolute Gasteiger partial charge is 0.154 e. The monoisotopic (exact) mass is 365 g/mol. The molecule has 1 aliphatic heterocycles. The molecule has 5 heteroatoms. The van der Waals surface area contributed by atoms with Gasteiger partial charge in [0.25, 0.3) is 0 Å². The summed E-state index contributed by atoms with van der Waals surface area (Å²) in [6.45, 7) is 10.7. The maximum absolute atomic E-state index is 4.75. The SMILES string of the molecule is C\C=C/N=C1/C(NC)=NC(c2ccc(N(CC)CC(C)C)cc2)=C/C1=N/C. The quantitative estimate of drug-likeness (QED) is 0.822. The fourth-order valence-electron chi connectivity index (χ4n) is 2.99. The van der Waals surface area contributed by atoms with Crippen LogP contribution in [0.15, 0.2) is 57.6 Å². The van der Waals surface area contributed by atoms with Gasteiger partial charge in [-0.2, -0.15) is 0 Å². The van der Waals surface area contributed by atoms with Crippen LogP contribution < -0.4 is 10.2 Å². The lowest BCUT2D eigenvalue weighted by molar-refractivity contribution is 0.619. The van der Waals surface area contributed by atoms with Gasteiger partial charge in [-0.15, -0.1) is 0 Å². The summed E-state index contributed by atoms with van der Waals surface area (Å²) >= 11 is 0. The van der Waals surface area contributed by atoms with E-state index in [9.17, 15) is 0 Å². The average molecular weight is 366 g/mol. The molecule has 2 rings (SSSR count). The molecule has 0 radical (unpaired) electrons. The zero-order valence-electron chi connectivity index (χ0n) is 17.3. The van der Waals surface area contributed by atoms with E-state index in [1.165, 1.54) is 5.69 Å². The number of hydrogen-bond donors (Lipinski definition) is 1. The van der Waals surface area contributed by atoms with E-state index in [0.29, 0.717) is 5.92 Å². The van der Waals surface area contributed by atoms with Crippen molar-refractivity contribution in [1.82, 2.24) is 5.32 Å². The maximum atomic E-state index is 4.75. The molecule has 0 atom stereocenters. The van der Waals surface area contributed by atoms with Crippen molar-refractivity contribution >= 4 is 28.6 Å². The minimum absolute atomic E-state index is 0.631. The lowest BCUT2D eigenvalue weighted by atomic mass is 10.0. The van der Waals surface area contributed by atoms with Crippen LogP contribution >= 0.6 is 0 Å². The maximum Gasteiger partial charge on any atom is 0.154 e. The summed E-state index contributed by atoms with van der Waals surface area (Å²) in [5, 5.41) is 3.14. The van der Waals surface area contributed by atoms with Crippen molar-refractivity contribution in [2.24, 2.45) is 20.9 Å². The molecule has 0 saturated heterocycles. The Bertz CT molecular complexity index is 779. The number of aliphatic imine (C=N–C) groups is 3. The molecule has 5 nitrogen and oxygen atoms in total. The van der Waals surface area contributed by atoms with E-state index in [2.05, 4.69) is 65.2 Å². The molecule has 1 heterocycles. The fourth-order valence-corrected chi connectivity index (χ4v) is 2.99. The number of nitrogens with zero attached hydrogens (tertiary/aromatic N) is 4. The first kappa shape index (κ1) is 20.6. The van der Waals surface area contributed by atoms with Crippen molar-refractivity contribution in [2.45, 2.75) is 27.7 Å². The molecule has 0 aromatic heterocycles. The van der Waals surface area contributed by atoms with Crippen LogP contribution in [0.2, 0.25) is 0 Å². The molecule has 0 fully saturated rings. The van der Waals surface area contributed by atoms with Crippen LogP contribution in [0.3, 0.4) is 0 Å². The third-order valence-electron chi connectivity index (χ3n) is 4.30. The normalized spacial score (nSPS) is 17.6. The van der Waals surface area contributed by atoms with Gasteiger partial charge in [-0.3, -0.25) is 9.98 Å². The molecule has 1 aromatic rings. The van der Waals surface area contributed by atoms with Gasteiger partial charge >= 0.3 is 0 Å². The summed E-state index contributed by atoms with van der Waals surface area (Å²) in [6, 6.07) is 8.59. The molecule has 0 amide bonds. The predicted molar refractivity (Wildman–Crippen MR) is 119 cm³/mol. The molecule has 1 aliphatic rings. The highest BCUT2D eigenvalue weighted by atomic mass is 15.1. The van der Waals surface area contributed by atoms with Crippen LogP contribution in [-0.2, 0) is 0 Å². The Hall–Kier alpha value is -2.69. The van der Waals surface area contributed by atoms with E-state index in [1.807, 2.05) is 26.1 Å². The van der Waals surface area contributed by atoms with E-state index < -0.39 is 0 Å². The molecule has 144 valence electrons. The highest BCUT2D eigenvalue weighted by Gasteiger charge is 2.20. The number of amidine groups is 1. The molecular weight excluding hydrogens is 334 g/mol. The van der Waals surface area contributed by atoms with Crippen LogP contribution in [0.1, 0.15) is 33.3 Å². The van der Waals surface area contributed by atoms with Crippen molar-refractivity contribution in [1.29, 1.82) is 0 Å². The first-order valence-electron chi connectivity index (χ1n) is 9.54. The van der Waals surface area contributed by atoms with E-state index in [0.717, 1.165) is 41.6 Å². The van der Waals surface area contributed by atoms with Crippen molar-refractivity contribution in [3.05, 3.63) is 48.2 Å². The second kappa shape index (κ2) is 9.86. The van der Waals surface area contributed by atoms with Crippen LogP contribution in [0.5, 0.6) is 0 Å². The van der Waals surface area contributed by atoms with Gasteiger partial charge in [0.05, 0.1) is 11.4 Å². The van der Waals surface area contributed by atoms with Crippen LogP contribution in [0.25, 0.3) is 5.70 Å². The molecule has 0 spiro atoms. The molecule has 1 aromatic carbocycles. The number of benzene rings is 1. The Morgan fingerprint density at radius 1 is 1.22 bits per heavy atom. The van der Waals surface area contributed by atoms with E-state index in [-0.39, 0.29) is 0 Å². The van der Waals surface area contributed by atoms with Gasteiger partial charge in [-0.1, -0.05) is 32.1 Å². The van der Waals surface area contributed by atoms with E-state index in [1.54, 1.807) is 13.2 Å². The molecular formula is C22H31N5. The first-order valence-corrected chi connectivity index (χ1v) is 9.54. The summed E-state index contributed by atoms with van der Waals surface area (Å²) in [5.41, 5.74) is 4.77. The number of nitrogens with one attached hydrogen (secondary N) is 1. The van der Waals surface area contributed by atoms with Gasteiger partial charge in [0.2, 0.25) is 0 Å². The standard InChI is InChI=1S/C22H31N5/c1-7-13-25-21-20(23-5)14-19(26-22(21)24-6)17-9-11-18(12-10-17)27(8-2)15-16(3)4/h7,9-14,16H,8,15H2,1-6H3,(H,24,26)/b13-7-,23-20-,25-21+. The summed E-state index contributed by atoms with van der Waals surface area (Å²) in [7, 11) is 3.63. The zero-order valence-corrected chi connectivity index (χ0v) is 17.3. The van der Waals surface area contributed by atoms with Gasteiger partial charge in [-0.05, 0) is 38.0 Å². The number of rotatable bonds is 6. The van der Waals surface area contributed by atoms with Gasteiger partial charge in [0, 0.05) is 44.6 Å². The Balaban J connectivity index is 2.35. The summed E-state index contributed by atoms with van der Waals surface area (Å²) in [4.78, 5) is 16.0. The average Bonchev–Trinajstić information content (AvgIpc) is 2.69. The van der Waals surface area contributed by atoms with Crippen molar-refractivity contribution in [3.8, 4) is 0 Å². The minimum atomic E-state index is 0.631. The second-order valence-corrected chi connectivity index (χ2v) is 6.79. The van der Waals surface area contributed by atoms with Crippen LogP contribution in [0.4, 0.5) is 5.69 Å². The van der Waals surface area contributed by atoms with Gasteiger partial charge < -0.3 is 10.2 Å². The third kappa shape index (κ3) is 5.16. The molecule has 0 bridgehead atoms. The van der Waals surface area contributed by atoms with E-state index in [4.69, 9.17) is 4.99 Å². The number of anilines is 1. The van der Waals surface area contributed by atoms with Crippen molar-refractivity contribution in [2.75, 3.05) is 32.1 Å².